The first kappa shape index (κ1) is 33.8. The lowest BCUT2D eigenvalue weighted by atomic mass is 9.91. The van der Waals surface area contributed by atoms with E-state index in [1.165, 1.54) is 10.8 Å². The van der Waals surface area contributed by atoms with E-state index in [2.05, 4.69) is 163 Å². The molecule has 0 unspecified atom stereocenters. The molecule has 2 heterocycles. The topological polar surface area (TPSA) is 49.8 Å². The third-order valence-electron chi connectivity index (χ3n) is 10.9. The number of rotatable bonds is 6. The summed E-state index contributed by atoms with van der Waals surface area (Å²) in [6.07, 6.45) is 3.44. The second kappa shape index (κ2) is 12.9. The zero-order chi connectivity index (χ0) is 33.6. The zero-order valence-corrected chi connectivity index (χ0v) is 32.0. The van der Waals surface area contributed by atoms with Crippen LogP contribution in [-0.4, -0.2) is 26.1 Å². The highest BCUT2D eigenvalue weighted by Crippen LogP contribution is 2.45. The fraction of sp³-hybridized carbons (Fsp3) is 0.450. The SMILES string of the molecule is CC(C)[Si](C#Cc1c2ccccc2c(C#C[Si](C(C)C)(C(C)C)C(C)C)c2cc3c(cc12)Nc1nccnc1N3)(C(C)C)C(C)C. The molecule has 0 saturated heterocycles. The summed E-state index contributed by atoms with van der Waals surface area (Å²) in [7, 11) is -3.96. The smallest absolute Gasteiger partial charge is 0.174 e. The van der Waals surface area contributed by atoms with Crippen LogP contribution >= 0.6 is 0 Å². The number of hydrogen-bond donors (Lipinski definition) is 2. The lowest BCUT2D eigenvalue weighted by Crippen LogP contribution is -2.43. The Kier molecular flexibility index (Phi) is 9.47. The van der Waals surface area contributed by atoms with Crippen LogP contribution in [0.3, 0.4) is 0 Å². The molecule has 4 nitrogen and oxygen atoms in total. The van der Waals surface area contributed by atoms with Crippen molar-refractivity contribution < 1.29 is 0 Å². The lowest BCUT2D eigenvalue weighted by molar-refractivity contribution is 0.838. The van der Waals surface area contributed by atoms with Gasteiger partial charge >= 0.3 is 0 Å². The van der Waals surface area contributed by atoms with Crippen LogP contribution < -0.4 is 10.6 Å². The fourth-order valence-electron chi connectivity index (χ4n) is 8.68. The number of anilines is 4. The molecule has 240 valence electrons. The van der Waals surface area contributed by atoms with Gasteiger partial charge < -0.3 is 10.6 Å². The predicted octanol–water partition coefficient (Wildman–Crippen LogP) is 11.7. The Morgan fingerprint density at radius 1 is 0.500 bits per heavy atom. The van der Waals surface area contributed by atoms with E-state index in [0.29, 0.717) is 33.2 Å². The maximum absolute atomic E-state index is 4.54. The van der Waals surface area contributed by atoms with Crippen LogP contribution in [0.25, 0.3) is 21.5 Å². The second-order valence-corrected chi connectivity index (χ2v) is 26.2. The first-order valence-electron chi connectivity index (χ1n) is 17.2. The van der Waals surface area contributed by atoms with E-state index in [4.69, 9.17) is 0 Å². The molecule has 6 heteroatoms. The van der Waals surface area contributed by atoms with Crippen molar-refractivity contribution in [3.05, 3.63) is 59.9 Å². The minimum Gasteiger partial charge on any atom is -0.335 e. The number of aromatic nitrogens is 2. The summed E-state index contributed by atoms with van der Waals surface area (Å²) in [5, 5.41) is 11.7. The van der Waals surface area contributed by atoms with Crippen LogP contribution in [0.4, 0.5) is 23.0 Å². The highest BCUT2D eigenvalue weighted by Gasteiger charge is 2.43. The predicted molar refractivity (Wildman–Crippen MR) is 206 cm³/mol. The van der Waals surface area contributed by atoms with Gasteiger partial charge in [0, 0.05) is 34.3 Å². The van der Waals surface area contributed by atoms with Crippen molar-refractivity contribution in [1.29, 1.82) is 0 Å². The molecule has 0 fully saturated rings. The van der Waals surface area contributed by atoms with Gasteiger partial charge in [-0.15, -0.1) is 11.1 Å². The number of benzene rings is 3. The van der Waals surface area contributed by atoms with Crippen molar-refractivity contribution >= 4 is 60.7 Å². The Labute approximate surface area is 279 Å². The van der Waals surface area contributed by atoms with Crippen LogP contribution in [0.15, 0.2) is 48.8 Å². The Morgan fingerprint density at radius 3 is 1.13 bits per heavy atom. The van der Waals surface area contributed by atoms with Gasteiger partial charge in [0.15, 0.2) is 11.6 Å². The largest absolute Gasteiger partial charge is 0.335 e. The third-order valence-corrected chi connectivity index (χ3v) is 23.5. The summed E-state index contributed by atoms with van der Waals surface area (Å²) in [5.74, 6) is 9.25. The molecular weight excluding hydrogens is 593 g/mol. The van der Waals surface area contributed by atoms with Gasteiger partial charge in [-0.25, -0.2) is 9.97 Å². The normalized spacial score (nSPS) is 13.1. The van der Waals surface area contributed by atoms with Crippen LogP contribution in [-0.2, 0) is 0 Å². The maximum Gasteiger partial charge on any atom is 0.174 e. The Morgan fingerprint density at radius 2 is 0.826 bits per heavy atom. The van der Waals surface area contributed by atoms with Gasteiger partial charge in [0.1, 0.15) is 16.1 Å². The first-order valence-corrected chi connectivity index (χ1v) is 21.7. The molecule has 46 heavy (non-hydrogen) atoms. The van der Waals surface area contributed by atoms with Crippen molar-refractivity contribution in [3.8, 4) is 22.9 Å². The molecule has 2 N–H and O–H groups in total. The van der Waals surface area contributed by atoms with Crippen LogP contribution in [0.5, 0.6) is 0 Å². The summed E-state index contributed by atoms with van der Waals surface area (Å²) in [5.41, 5.74) is 15.6. The molecule has 0 aliphatic carbocycles. The molecule has 0 spiro atoms. The molecule has 0 radical (unpaired) electrons. The average molecular weight is 645 g/mol. The molecule has 0 amide bonds. The molecule has 0 atom stereocenters. The van der Waals surface area contributed by atoms with Crippen LogP contribution in [0.2, 0.25) is 33.2 Å². The van der Waals surface area contributed by atoms with Gasteiger partial charge in [0.05, 0.1) is 11.4 Å². The van der Waals surface area contributed by atoms with Gasteiger partial charge in [0.25, 0.3) is 0 Å². The van der Waals surface area contributed by atoms with Gasteiger partial charge in [-0.05, 0) is 56.2 Å². The molecule has 1 aromatic heterocycles. The monoisotopic (exact) mass is 644 g/mol. The van der Waals surface area contributed by atoms with Crippen molar-refractivity contribution in [2.45, 2.75) is 116 Å². The summed E-state index contributed by atoms with van der Waals surface area (Å²) < 4.78 is 0. The summed E-state index contributed by atoms with van der Waals surface area (Å²) in [6.45, 7) is 28.6. The van der Waals surface area contributed by atoms with E-state index < -0.39 is 16.1 Å². The quantitative estimate of drug-likeness (QED) is 0.110. The summed E-state index contributed by atoms with van der Waals surface area (Å²) in [6, 6.07) is 13.3. The average Bonchev–Trinajstić information content (AvgIpc) is 2.99. The van der Waals surface area contributed by atoms with Gasteiger partial charge in [-0.3, -0.25) is 0 Å². The molecule has 1 aliphatic heterocycles. The minimum absolute atomic E-state index is 0.553. The van der Waals surface area contributed by atoms with Gasteiger partial charge in [-0.2, -0.15) is 0 Å². The Balaban J connectivity index is 1.91. The van der Waals surface area contributed by atoms with E-state index >= 15 is 0 Å². The number of nitrogens with one attached hydrogen (secondary N) is 2. The van der Waals surface area contributed by atoms with Crippen molar-refractivity contribution in [3.63, 3.8) is 0 Å². The van der Waals surface area contributed by atoms with E-state index in [-0.39, 0.29) is 0 Å². The molecule has 0 saturated carbocycles. The fourth-order valence-corrected chi connectivity index (χ4v) is 19.1. The minimum atomic E-state index is -1.98. The lowest BCUT2D eigenvalue weighted by Gasteiger charge is -2.38. The van der Waals surface area contributed by atoms with Gasteiger partial charge in [-0.1, -0.05) is 119 Å². The van der Waals surface area contributed by atoms with E-state index in [9.17, 15) is 0 Å². The third kappa shape index (κ3) is 5.54. The molecule has 0 bridgehead atoms. The molecule has 4 aromatic rings. The van der Waals surface area contributed by atoms with Crippen molar-refractivity contribution in [2.75, 3.05) is 10.6 Å². The molecular formula is C40H52N4Si2. The number of nitrogens with zero attached hydrogens (tertiary/aromatic N) is 2. The molecule has 1 aliphatic rings. The zero-order valence-electron chi connectivity index (χ0n) is 30.0. The first-order chi connectivity index (χ1) is 21.7. The Hall–Kier alpha value is -3.59. The van der Waals surface area contributed by atoms with Crippen molar-refractivity contribution in [1.82, 2.24) is 9.97 Å². The number of hydrogen-bond acceptors (Lipinski definition) is 4. The standard InChI is InChI=1S/C40H52N4Si2/c1-25(2)45(26(3)4,27(5)6)21-17-33-31-15-13-14-16-32(31)34(18-22-46(28(7)8,29(9)10)30(11)12)36-24-38-37(23-35(33)36)43-39-40(44-38)42-20-19-41-39/h13-16,19-20,23-30H,1-12H3,(H,41,43)(H,42,44). The van der Waals surface area contributed by atoms with Crippen LogP contribution in [0.1, 0.15) is 94.2 Å². The summed E-state index contributed by atoms with van der Waals surface area (Å²) in [4.78, 5) is 9.09. The Bertz CT molecular complexity index is 1720. The van der Waals surface area contributed by atoms with Crippen molar-refractivity contribution in [2.24, 2.45) is 0 Å². The molecule has 5 rings (SSSR count). The summed E-state index contributed by atoms with van der Waals surface area (Å²) >= 11 is 0. The second-order valence-electron chi connectivity index (χ2n) is 15.0. The molecule has 3 aromatic carbocycles. The van der Waals surface area contributed by atoms with Gasteiger partial charge in [0.2, 0.25) is 0 Å². The number of fused-ring (bicyclic) bond motifs is 4. The highest BCUT2D eigenvalue weighted by atomic mass is 28.3. The van der Waals surface area contributed by atoms with Crippen LogP contribution in [0, 0.1) is 22.9 Å². The van der Waals surface area contributed by atoms with E-state index in [1.807, 2.05) is 0 Å². The van der Waals surface area contributed by atoms with E-state index in [1.54, 1.807) is 12.4 Å². The maximum atomic E-state index is 4.54. The van der Waals surface area contributed by atoms with E-state index in [0.717, 1.165) is 44.9 Å². The highest BCUT2D eigenvalue weighted by molar-refractivity contribution is 6.91.